The Bertz CT molecular complexity index is 807. The van der Waals surface area contributed by atoms with Crippen LogP contribution in [0.4, 0.5) is 11.6 Å². The maximum Gasteiger partial charge on any atom is 0.168 e. The monoisotopic (exact) mass is 395 g/mol. The number of nitrogens with zero attached hydrogens (tertiary/aromatic N) is 5. The smallest absolute Gasteiger partial charge is 0.168 e. The number of rotatable bonds is 5. The van der Waals surface area contributed by atoms with Crippen LogP contribution in [0.1, 0.15) is 44.5 Å². The van der Waals surface area contributed by atoms with Gasteiger partial charge in [-0.1, -0.05) is 18.7 Å². The van der Waals surface area contributed by atoms with Crippen molar-refractivity contribution in [3.63, 3.8) is 0 Å². The summed E-state index contributed by atoms with van der Waals surface area (Å²) in [6.07, 6.45) is 12.5. The Labute approximate surface area is 173 Å². The molecule has 0 spiro atoms. The second-order valence-electron chi connectivity index (χ2n) is 8.28. The van der Waals surface area contributed by atoms with Gasteiger partial charge < -0.3 is 15.5 Å². The van der Waals surface area contributed by atoms with E-state index >= 15 is 0 Å². The Morgan fingerprint density at radius 1 is 1.31 bits per heavy atom. The van der Waals surface area contributed by atoms with Gasteiger partial charge in [0.15, 0.2) is 5.82 Å². The van der Waals surface area contributed by atoms with E-state index in [2.05, 4.69) is 46.9 Å². The van der Waals surface area contributed by atoms with Gasteiger partial charge in [0.05, 0.1) is 6.20 Å². The number of allylic oxidation sites excluding steroid dienone is 4. The number of anilines is 2. The van der Waals surface area contributed by atoms with E-state index in [0.717, 1.165) is 69.2 Å². The van der Waals surface area contributed by atoms with Crippen LogP contribution in [-0.2, 0) is 0 Å². The van der Waals surface area contributed by atoms with Crippen molar-refractivity contribution in [2.24, 2.45) is 11.7 Å². The molecule has 0 bridgehead atoms. The van der Waals surface area contributed by atoms with Crippen LogP contribution in [-0.4, -0.2) is 53.1 Å². The van der Waals surface area contributed by atoms with E-state index < -0.39 is 0 Å². The lowest BCUT2D eigenvalue weighted by Crippen LogP contribution is -2.39. The number of hydrogen-bond acceptors (Lipinski definition) is 7. The number of aromatic nitrogens is 2. The lowest BCUT2D eigenvalue weighted by molar-refractivity contribution is 0.117. The summed E-state index contributed by atoms with van der Waals surface area (Å²) in [4.78, 5) is 14.6. The van der Waals surface area contributed by atoms with Crippen molar-refractivity contribution in [1.82, 2.24) is 19.9 Å². The van der Waals surface area contributed by atoms with Gasteiger partial charge in [0, 0.05) is 32.4 Å². The van der Waals surface area contributed by atoms with Crippen LogP contribution in [0.25, 0.3) is 0 Å². The number of hydrazine groups is 1. The van der Waals surface area contributed by atoms with Crippen LogP contribution >= 0.6 is 0 Å². The number of fused-ring (bicyclic) bond motifs is 1. The minimum absolute atomic E-state index is 0.0363. The lowest BCUT2D eigenvalue weighted by atomic mass is 9.97. The van der Waals surface area contributed by atoms with Gasteiger partial charge in [0.25, 0.3) is 0 Å². The van der Waals surface area contributed by atoms with Crippen molar-refractivity contribution in [3.8, 4) is 0 Å². The number of nitrogens with one attached hydrogen (secondary N) is 1. The minimum Gasteiger partial charge on any atom is -0.355 e. The third kappa shape index (κ3) is 3.89. The molecule has 1 unspecified atom stereocenters. The Balaban J connectivity index is 1.59. The highest BCUT2D eigenvalue weighted by molar-refractivity contribution is 5.52. The summed E-state index contributed by atoms with van der Waals surface area (Å²) in [5.74, 6) is 2.46. The molecule has 4 rings (SSSR count). The zero-order valence-corrected chi connectivity index (χ0v) is 17.6. The summed E-state index contributed by atoms with van der Waals surface area (Å²) in [7, 11) is 2.07. The first-order valence-corrected chi connectivity index (χ1v) is 10.7. The van der Waals surface area contributed by atoms with Gasteiger partial charge in [-0.15, -0.1) is 0 Å². The number of nitrogens with two attached hydrogens (primary N) is 1. The fourth-order valence-corrected chi connectivity index (χ4v) is 4.64. The van der Waals surface area contributed by atoms with Crippen LogP contribution in [0.15, 0.2) is 42.3 Å². The molecule has 0 aliphatic carbocycles. The Hall–Kier alpha value is -2.38. The molecule has 3 aliphatic heterocycles. The minimum atomic E-state index is 0.0363. The molecular formula is C22H33N7. The molecule has 156 valence electrons. The molecule has 0 radical (unpaired) electrons. The van der Waals surface area contributed by atoms with Crippen molar-refractivity contribution in [2.75, 3.05) is 43.6 Å². The quantitative estimate of drug-likeness (QED) is 0.742. The predicted octanol–water partition coefficient (Wildman–Crippen LogP) is 3.03. The molecule has 1 fully saturated rings. The van der Waals surface area contributed by atoms with Crippen LogP contribution in [0.2, 0.25) is 0 Å². The maximum atomic E-state index is 5.83. The second-order valence-corrected chi connectivity index (χ2v) is 8.28. The van der Waals surface area contributed by atoms with Crippen molar-refractivity contribution >= 4 is 11.6 Å². The molecule has 0 aromatic carbocycles. The zero-order valence-electron chi connectivity index (χ0n) is 17.6. The molecule has 1 saturated heterocycles. The zero-order chi connectivity index (χ0) is 20.4. The molecular weight excluding hydrogens is 362 g/mol. The molecule has 3 N–H and O–H groups in total. The van der Waals surface area contributed by atoms with Gasteiger partial charge in [-0.05, 0) is 56.7 Å². The second kappa shape index (κ2) is 8.55. The molecule has 29 heavy (non-hydrogen) atoms. The normalized spacial score (nSPS) is 23.6. The van der Waals surface area contributed by atoms with Gasteiger partial charge >= 0.3 is 0 Å². The molecule has 7 nitrogen and oxygen atoms in total. The van der Waals surface area contributed by atoms with E-state index in [1.807, 2.05) is 18.3 Å². The Morgan fingerprint density at radius 3 is 2.83 bits per heavy atom. The first kappa shape index (κ1) is 19.9. The van der Waals surface area contributed by atoms with Crippen molar-refractivity contribution in [2.45, 2.75) is 38.8 Å². The molecule has 7 heteroatoms. The highest BCUT2D eigenvalue weighted by Gasteiger charge is 2.37. The van der Waals surface area contributed by atoms with Crippen molar-refractivity contribution in [3.05, 3.63) is 48.0 Å². The molecule has 4 heterocycles. The largest absolute Gasteiger partial charge is 0.355 e. The maximum absolute atomic E-state index is 5.83. The van der Waals surface area contributed by atoms with E-state index in [1.165, 1.54) is 11.3 Å². The molecule has 1 aromatic rings. The summed E-state index contributed by atoms with van der Waals surface area (Å²) >= 11 is 0. The number of piperidine rings is 1. The summed E-state index contributed by atoms with van der Waals surface area (Å²) in [5, 5.41) is 2.12. The van der Waals surface area contributed by atoms with Gasteiger partial charge in [-0.3, -0.25) is 5.43 Å². The topological polar surface area (TPSA) is 73.5 Å². The molecule has 1 atom stereocenters. The van der Waals surface area contributed by atoms with E-state index in [0.29, 0.717) is 5.92 Å². The Morgan fingerprint density at radius 2 is 2.10 bits per heavy atom. The van der Waals surface area contributed by atoms with Crippen LogP contribution in [0.5, 0.6) is 0 Å². The highest BCUT2D eigenvalue weighted by Crippen LogP contribution is 2.39. The van der Waals surface area contributed by atoms with Gasteiger partial charge in [-0.2, -0.15) is 5.01 Å². The SMILES string of the molecule is C=C/C=C\C1=C(C)CCCN1C1c2ncc(N3CCC(CN)CC3)nc2NN1C. The van der Waals surface area contributed by atoms with Gasteiger partial charge in [0.1, 0.15) is 17.7 Å². The average Bonchev–Trinajstić information content (AvgIpc) is 3.07. The van der Waals surface area contributed by atoms with Gasteiger partial charge in [-0.25, -0.2) is 9.97 Å². The summed E-state index contributed by atoms with van der Waals surface area (Å²) in [6, 6.07) is 0. The van der Waals surface area contributed by atoms with Crippen molar-refractivity contribution in [1.29, 1.82) is 0 Å². The fourth-order valence-electron chi connectivity index (χ4n) is 4.64. The number of hydrogen-bond donors (Lipinski definition) is 2. The predicted molar refractivity (Wildman–Crippen MR) is 118 cm³/mol. The van der Waals surface area contributed by atoms with E-state index in [4.69, 9.17) is 15.7 Å². The first-order valence-electron chi connectivity index (χ1n) is 10.7. The van der Waals surface area contributed by atoms with E-state index in [-0.39, 0.29) is 6.17 Å². The third-order valence-electron chi connectivity index (χ3n) is 6.34. The third-order valence-corrected chi connectivity index (χ3v) is 6.34. The van der Waals surface area contributed by atoms with Gasteiger partial charge in [0.2, 0.25) is 0 Å². The molecule has 0 amide bonds. The highest BCUT2D eigenvalue weighted by atomic mass is 15.6. The molecule has 0 saturated carbocycles. The van der Waals surface area contributed by atoms with Crippen molar-refractivity contribution < 1.29 is 0 Å². The standard InChI is InChI=1S/C22H33N7/c1-4-5-8-18-16(2)7-6-11-29(18)22-20-21(26-27(22)3)25-19(15-24-20)28-12-9-17(14-23)10-13-28/h4-5,8,15,17,22H,1,6-7,9-14,23H2,2-3H3,(H,25,26)/b8-5-. The first-order chi connectivity index (χ1) is 14.1. The summed E-state index contributed by atoms with van der Waals surface area (Å²) in [6.45, 7) is 9.82. The lowest BCUT2D eigenvalue weighted by Gasteiger charge is -2.38. The van der Waals surface area contributed by atoms with Crippen LogP contribution < -0.4 is 16.1 Å². The van der Waals surface area contributed by atoms with Crippen LogP contribution in [0, 0.1) is 5.92 Å². The summed E-state index contributed by atoms with van der Waals surface area (Å²) in [5.41, 5.74) is 12.9. The average molecular weight is 396 g/mol. The summed E-state index contributed by atoms with van der Waals surface area (Å²) < 4.78 is 0. The molecule has 3 aliphatic rings. The van der Waals surface area contributed by atoms with E-state index in [9.17, 15) is 0 Å². The van der Waals surface area contributed by atoms with E-state index in [1.54, 1.807) is 0 Å². The fraction of sp³-hybridized carbons (Fsp3) is 0.545. The Kier molecular flexibility index (Phi) is 5.87. The molecule has 1 aromatic heterocycles. The van der Waals surface area contributed by atoms with Crippen LogP contribution in [0.3, 0.4) is 0 Å².